The van der Waals surface area contributed by atoms with E-state index in [-0.39, 0.29) is 73.6 Å². The van der Waals surface area contributed by atoms with E-state index in [1.165, 1.54) is 67.0 Å². The fourth-order valence-electron chi connectivity index (χ4n) is 10.4. The minimum absolute atomic E-state index is 0.0540. The summed E-state index contributed by atoms with van der Waals surface area (Å²) in [5.74, 6) is 2.10. The molecule has 518 valence electrons. The van der Waals surface area contributed by atoms with Crippen LogP contribution in [0, 0.1) is 17.5 Å². The molecule has 0 bridgehead atoms. The van der Waals surface area contributed by atoms with E-state index < -0.39 is 0 Å². The highest BCUT2D eigenvalue weighted by atomic mass is 32.1. The highest BCUT2D eigenvalue weighted by Gasteiger charge is 2.24. The number of halogens is 3. The van der Waals surface area contributed by atoms with Gasteiger partial charge in [-0.1, -0.05) is 94.3 Å². The normalized spacial score (nSPS) is 11.0. The van der Waals surface area contributed by atoms with Crippen LogP contribution in [0.3, 0.4) is 0 Å². The van der Waals surface area contributed by atoms with Crippen LogP contribution < -0.4 is 24.7 Å². The largest absolute Gasteiger partial charge is 0.503 e. The first-order valence-corrected chi connectivity index (χ1v) is 32.4. The summed E-state index contributed by atoms with van der Waals surface area (Å²) in [5, 5.41) is 37.9. The second-order valence-corrected chi connectivity index (χ2v) is 23.3. The minimum atomic E-state index is -0.333. The van der Waals surface area contributed by atoms with Crippen molar-refractivity contribution in [1.82, 2.24) is 84.7 Å². The molecule has 0 spiro atoms. The molecule has 0 atom stereocenters. The number of ether oxygens (including phenoxy) is 4. The summed E-state index contributed by atoms with van der Waals surface area (Å²) in [7, 11) is 3.24. The highest BCUT2D eigenvalue weighted by Crippen LogP contribution is 2.36. The van der Waals surface area contributed by atoms with Gasteiger partial charge in [-0.2, -0.15) is 25.3 Å². The van der Waals surface area contributed by atoms with E-state index >= 15 is 0 Å². The molecule has 0 aliphatic heterocycles. The Morgan fingerprint density at radius 3 is 1.27 bits per heavy atom. The molecule has 3 N–H and O–H groups in total. The molecule has 0 aliphatic carbocycles. The van der Waals surface area contributed by atoms with Gasteiger partial charge >= 0.3 is 0 Å². The molecule has 0 unspecified atom stereocenters. The number of nitrogen functional groups attached to an aromatic ring is 1. The van der Waals surface area contributed by atoms with E-state index in [1.807, 2.05) is 53.9 Å². The topological polar surface area (TPSA) is 331 Å². The fourth-order valence-corrected chi connectivity index (χ4v) is 11.1. The molecule has 16 rings (SSSR count). The van der Waals surface area contributed by atoms with Crippen LogP contribution in [0.15, 0.2) is 237 Å². The smallest absolute Gasteiger partial charge is 0.232 e. The summed E-state index contributed by atoms with van der Waals surface area (Å²) in [6, 6.07) is 45.0. The van der Waals surface area contributed by atoms with Gasteiger partial charge in [0.25, 0.3) is 0 Å². The first kappa shape index (κ1) is 67.2. The van der Waals surface area contributed by atoms with E-state index in [0.29, 0.717) is 102 Å². The number of aromatic nitrogens is 17. The highest BCUT2D eigenvalue weighted by molar-refractivity contribution is 7.13. The second-order valence-electron chi connectivity index (χ2n) is 22.4. The molecule has 0 radical (unpaired) electrons. The monoisotopic (exact) mass is 1420 g/mol. The van der Waals surface area contributed by atoms with Crippen molar-refractivity contribution in [3.63, 3.8) is 0 Å². The van der Waals surface area contributed by atoms with Crippen molar-refractivity contribution in [2.24, 2.45) is 0 Å². The van der Waals surface area contributed by atoms with E-state index in [1.54, 1.807) is 138 Å². The van der Waals surface area contributed by atoms with Crippen LogP contribution in [0.25, 0.3) is 90.7 Å². The Balaban J connectivity index is 0.000000135. The number of rotatable bonds is 22. The van der Waals surface area contributed by atoms with E-state index in [0.717, 1.165) is 27.6 Å². The Kier molecular flexibility index (Phi) is 20.1. The summed E-state index contributed by atoms with van der Waals surface area (Å²) in [6.07, 6.45) is 13.5. The van der Waals surface area contributed by atoms with Crippen LogP contribution in [0.2, 0.25) is 0 Å². The number of hydrogen-bond acceptors (Lipinski definition) is 25. The summed E-state index contributed by atoms with van der Waals surface area (Å²) >= 11 is 1.46. The van der Waals surface area contributed by atoms with Gasteiger partial charge in [-0.05, 0) is 71.8 Å². The molecule has 0 saturated carbocycles. The van der Waals surface area contributed by atoms with Gasteiger partial charge in [-0.25, -0.2) is 43.1 Å². The van der Waals surface area contributed by atoms with Crippen LogP contribution in [0.1, 0.15) is 27.8 Å². The van der Waals surface area contributed by atoms with Crippen LogP contribution >= 0.6 is 11.3 Å². The Morgan fingerprint density at radius 1 is 0.462 bits per heavy atom. The second kappa shape index (κ2) is 31.1. The molecule has 11 heterocycles. The first-order chi connectivity index (χ1) is 51.0. The number of thiazole rings is 1. The van der Waals surface area contributed by atoms with Crippen LogP contribution in [0.4, 0.5) is 19.0 Å². The third-order valence-electron chi connectivity index (χ3n) is 15.7. The Bertz CT molecular complexity index is 5240. The zero-order valence-corrected chi connectivity index (χ0v) is 55.6. The third kappa shape index (κ3) is 15.6. The van der Waals surface area contributed by atoms with Gasteiger partial charge < -0.3 is 47.8 Å². The molecule has 0 fully saturated rings. The number of anilines is 1. The lowest BCUT2D eigenvalue weighted by molar-refractivity contribution is 0.294. The standard InChI is InChI=1S/C28H21FN6O4.C28H21FN6O3S.C17H13FN6O2/c1-36-20-8-6-18(7-9-20)17-38-28-21(27-30-11-13-37-27)15-31-26(32-28)24-14-25(23-10-12-39-34-23)35(33-24)16-19-4-2-3-5-22(19)29;1-36-20-8-6-18(7-9-20)17-37-27-21(28-30-11-13-39-28)15-31-26(32-27)24-14-25(23-10-12-38-34-23)35(33-24)16-19-4-2-3-5-22(19)29;18-11-4-2-1-3-10(11)9-24-14(12-5-6-26-23-12)7-13(22-24)17-20-8-15(25)16(19)21-17/h2*2-15H,16-17H2,1H3;1-8,25H,9H2,(H2,19,20,21). The van der Waals surface area contributed by atoms with Crippen molar-refractivity contribution >= 4 is 17.2 Å². The third-order valence-corrected chi connectivity index (χ3v) is 16.5. The van der Waals surface area contributed by atoms with Gasteiger partial charge in [0, 0.05) is 58.9 Å². The van der Waals surface area contributed by atoms with Crippen LogP contribution in [-0.2, 0) is 32.8 Å². The maximum atomic E-state index is 14.4. The van der Waals surface area contributed by atoms with Crippen molar-refractivity contribution in [3.05, 3.63) is 264 Å². The molecule has 16 aromatic rings. The number of methoxy groups -OCH3 is 2. The van der Waals surface area contributed by atoms with Crippen molar-refractivity contribution in [3.8, 4) is 120 Å². The van der Waals surface area contributed by atoms with Crippen molar-refractivity contribution in [1.29, 1.82) is 0 Å². The average Bonchev–Trinajstić information content (AvgIpc) is 1.08. The maximum Gasteiger partial charge on any atom is 0.232 e. The lowest BCUT2D eigenvalue weighted by Gasteiger charge is -2.10. The number of hydrogen-bond donors (Lipinski definition) is 2. The predicted molar refractivity (Wildman–Crippen MR) is 370 cm³/mol. The summed E-state index contributed by atoms with van der Waals surface area (Å²) < 4.78 is 91.0. The number of nitrogens with two attached hydrogens (primary N) is 1. The fraction of sp³-hybridized carbons (Fsp3) is 0.0959. The zero-order chi connectivity index (χ0) is 71.3. The molecule has 104 heavy (non-hydrogen) atoms. The molecule has 0 saturated heterocycles. The zero-order valence-electron chi connectivity index (χ0n) is 54.8. The molecule has 27 nitrogen and oxygen atoms in total. The molecule has 0 aliphatic rings. The summed E-state index contributed by atoms with van der Waals surface area (Å²) in [6.45, 7) is 1.06. The van der Waals surface area contributed by atoms with Gasteiger partial charge in [0.05, 0.1) is 68.9 Å². The molecular weight excluding hydrogens is 1360 g/mol. The van der Waals surface area contributed by atoms with Gasteiger partial charge in [0.15, 0.2) is 29.0 Å². The molecule has 5 aromatic carbocycles. The minimum Gasteiger partial charge on any atom is -0.503 e. The maximum absolute atomic E-state index is 14.4. The number of aromatic hydroxyl groups is 1. The molecule has 0 amide bonds. The van der Waals surface area contributed by atoms with Crippen LogP contribution in [-0.4, -0.2) is 104 Å². The molecular formula is C73H55F3N18O9S. The van der Waals surface area contributed by atoms with Gasteiger partial charge in [0.2, 0.25) is 17.7 Å². The lowest BCUT2D eigenvalue weighted by Crippen LogP contribution is -2.06. The summed E-state index contributed by atoms with van der Waals surface area (Å²) in [4.78, 5) is 35.1. The van der Waals surface area contributed by atoms with Crippen molar-refractivity contribution in [2.75, 3.05) is 20.0 Å². The van der Waals surface area contributed by atoms with Gasteiger partial charge in [0.1, 0.15) is 112 Å². The number of nitrogens with zero attached hydrogens (tertiary/aromatic N) is 17. The predicted octanol–water partition coefficient (Wildman–Crippen LogP) is 13.8. The van der Waals surface area contributed by atoms with E-state index in [9.17, 15) is 18.3 Å². The number of benzene rings is 5. The van der Waals surface area contributed by atoms with Crippen molar-refractivity contribution in [2.45, 2.75) is 32.8 Å². The summed E-state index contributed by atoms with van der Waals surface area (Å²) in [5.41, 5.74) is 14.9. The Morgan fingerprint density at radius 2 is 0.885 bits per heavy atom. The Hall–Kier alpha value is -14.0. The first-order valence-electron chi connectivity index (χ1n) is 31.5. The lowest BCUT2D eigenvalue weighted by atomic mass is 10.2. The van der Waals surface area contributed by atoms with Gasteiger partial charge in [-0.3, -0.25) is 14.0 Å². The SMILES string of the molecule is COc1ccc(COc2nc(-c3cc(-c4ccon4)n(Cc4ccccc4F)n3)ncc2-c2ncco2)cc1.COc1ccc(COc2nc(-c3cc(-c4ccon4)n(Cc4ccccc4F)n3)ncc2-c2nccs2)cc1.Nc1nc(-c2cc(-c3ccon3)n(Cc3ccccc3F)n2)ncc1O. The van der Waals surface area contributed by atoms with Gasteiger partial charge in [-0.15, -0.1) is 11.3 Å². The number of oxazole rings is 1. The van der Waals surface area contributed by atoms with Crippen molar-refractivity contribution < 1.29 is 55.2 Å². The van der Waals surface area contributed by atoms with Crippen LogP contribution in [0.5, 0.6) is 29.0 Å². The molecule has 31 heteroatoms. The average molecular weight is 1420 g/mol. The van der Waals surface area contributed by atoms with E-state index in [2.05, 4.69) is 60.6 Å². The Labute approximate surface area is 591 Å². The quantitative estimate of drug-likeness (QED) is 0.0636. The van der Waals surface area contributed by atoms with E-state index in [4.69, 9.17) is 52.8 Å². The molecule has 11 aromatic heterocycles.